The molecule has 6 nitrogen and oxygen atoms in total. The molecule has 1 aliphatic carbocycles. The molecule has 6 heteroatoms. The molecule has 25 heavy (non-hydrogen) atoms. The fourth-order valence-electron chi connectivity index (χ4n) is 4.35. The zero-order valence-electron chi connectivity index (χ0n) is 15.6. The predicted molar refractivity (Wildman–Crippen MR) is 95.8 cm³/mol. The van der Waals surface area contributed by atoms with E-state index < -0.39 is 0 Å². The minimum absolute atomic E-state index is 0.0213. The largest absolute Gasteiger partial charge is 0.349 e. The summed E-state index contributed by atoms with van der Waals surface area (Å²) in [5.41, 5.74) is 1.97. The molecule has 0 spiro atoms. The van der Waals surface area contributed by atoms with Gasteiger partial charge in [-0.15, -0.1) is 0 Å². The SMILES string of the molecule is Cc1nn(C)cc1[C@H](C)NC(=O)[C@@H]1CCCC[C@@H]1C(=O)N1CCCC1. The van der Waals surface area contributed by atoms with Crippen molar-refractivity contribution in [3.8, 4) is 0 Å². The summed E-state index contributed by atoms with van der Waals surface area (Å²) in [6, 6.07) is -0.0920. The third kappa shape index (κ3) is 3.88. The van der Waals surface area contributed by atoms with Crippen molar-refractivity contribution in [1.82, 2.24) is 20.0 Å². The Bertz CT molecular complexity index is 633. The number of hydrogen-bond acceptors (Lipinski definition) is 3. The molecule has 138 valence electrons. The van der Waals surface area contributed by atoms with Crippen LogP contribution in [0, 0.1) is 18.8 Å². The summed E-state index contributed by atoms with van der Waals surface area (Å²) in [6.45, 7) is 5.66. The number of aryl methyl sites for hydroxylation is 2. The monoisotopic (exact) mass is 346 g/mol. The summed E-state index contributed by atoms with van der Waals surface area (Å²) in [4.78, 5) is 27.7. The Balaban J connectivity index is 1.68. The lowest BCUT2D eigenvalue weighted by atomic mass is 9.77. The third-order valence-corrected chi connectivity index (χ3v) is 5.71. The van der Waals surface area contributed by atoms with E-state index in [4.69, 9.17) is 0 Å². The fraction of sp³-hybridized carbons (Fsp3) is 0.737. The second kappa shape index (κ2) is 7.58. The molecule has 2 fully saturated rings. The van der Waals surface area contributed by atoms with Crippen molar-refractivity contribution >= 4 is 11.8 Å². The first kappa shape index (κ1) is 18.0. The van der Waals surface area contributed by atoms with Gasteiger partial charge in [0.25, 0.3) is 0 Å². The number of carbonyl (C=O) groups is 2. The molecule has 1 saturated carbocycles. The Hall–Kier alpha value is -1.85. The van der Waals surface area contributed by atoms with E-state index in [2.05, 4.69) is 10.4 Å². The Morgan fingerprint density at radius 3 is 2.40 bits per heavy atom. The lowest BCUT2D eigenvalue weighted by Gasteiger charge is -2.33. The van der Waals surface area contributed by atoms with Gasteiger partial charge in [-0.1, -0.05) is 12.8 Å². The molecule has 0 bridgehead atoms. The molecular weight excluding hydrogens is 316 g/mol. The summed E-state index contributed by atoms with van der Waals surface area (Å²) in [5.74, 6) is -0.120. The first-order valence-corrected chi connectivity index (χ1v) is 9.56. The normalized spacial score (nSPS) is 25.0. The van der Waals surface area contributed by atoms with Gasteiger partial charge in [-0.2, -0.15) is 5.10 Å². The summed E-state index contributed by atoms with van der Waals surface area (Å²) in [7, 11) is 1.89. The van der Waals surface area contributed by atoms with Crippen LogP contribution in [0.25, 0.3) is 0 Å². The summed E-state index contributed by atoms with van der Waals surface area (Å²) in [5, 5.41) is 7.48. The molecule has 0 unspecified atom stereocenters. The zero-order chi connectivity index (χ0) is 18.0. The van der Waals surface area contributed by atoms with Crippen LogP contribution in [-0.2, 0) is 16.6 Å². The second-order valence-electron chi connectivity index (χ2n) is 7.60. The smallest absolute Gasteiger partial charge is 0.226 e. The maximum Gasteiger partial charge on any atom is 0.226 e. The van der Waals surface area contributed by atoms with Crippen LogP contribution in [0.2, 0.25) is 0 Å². The highest BCUT2D eigenvalue weighted by molar-refractivity contribution is 5.88. The molecule has 1 saturated heterocycles. The molecule has 2 aliphatic rings. The minimum Gasteiger partial charge on any atom is -0.349 e. The van der Waals surface area contributed by atoms with Crippen LogP contribution in [0.3, 0.4) is 0 Å². The molecule has 1 aromatic heterocycles. The molecule has 2 amide bonds. The van der Waals surface area contributed by atoms with Crippen LogP contribution in [-0.4, -0.2) is 39.6 Å². The number of hydrogen-bond donors (Lipinski definition) is 1. The summed E-state index contributed by atoms with van der Waals surface area (Å²) < 4.78 is 1.77. The van der Waals surface area contributed by atoms with Crippen molar-refractivity contribution in [3.05, 3.63) is 17.5 Å². The van der Waals surface area contributed by atoms with E-state index in [0.717, 1.165) is 62.9 Å². The number of amides is 2. The van der Waals surface area contributed by atoms with E-state index in [1.807, 2.05) is 32.0 Å². The second-order valence-corrected chi connectivity index (χ2v) is 7.60. The predicted octanol–water partition coefficient (Wildman–Crippen LogP) is 2.33. The molecule has 0 aromatic carbocycles. The van der Waals surface area contributed by atoms with Crippen LogP contribution in [0.1, 0.15) is 62.7 Å². The van der Waals surface area contributed by atoms with Gasteiger partial charge in [0, 0.05) is 43.7 Å². The molecule has 3 rings (SSSR count). The van der Waals surface area contributed by atoms with Gasteiger partial charge in [0.05, 0.1) is 11.7 Å². The van der Waals surface area contributed by atoms with Crippen LogP contribution in [0.15, 0.2) is 6.20 Å². The van der Waals surface area contributed by atoms with E-state index in [0.29, 0.717) is 0 Å². The van der Waals surface area contributed by atoms with Crippen LogP contribution < -0.4 is 5.32 Å². The average molecular weight is 346 g/mol. The Morgan fingerprint density at radius 2 is 1.80 bits per heavy atom. The average Bonchev–Trinajstić information content (AvgIpc) is 3.23. The molecule has 1 aliphatic heterocycles. The Labute approximate surface area is 149 Å². The van der Waals surface area contributed by atoms with Crippen molar-refractivity contribution < 1.29 is 9.59 Å². The van der Waals surface area contributed by atoms with Crippen LogP contribution in [0.5, 0.6) is 0 Å². The summed E-state index contributed by atoms with van der Waals surface area (Å²) >= 11 is 0. The zero-order valence-corrected chi connectivity index (χ0v) is 15.6. The van der Waals surface area contributed by atoms with E-state index >= 15 is 0 Å². The highest BCUT2D eigenvalue weighted by atomic mass is 16.2. The number of aromatic nitrogens is 2. The highest BCUT2D eigenvalue weighted by Gasteiger charge is 2.38. The lowest BCUT2D eigenvalue weighted by molar-refractivity contribution is -0.143. The molecule has 1 N–H and O–H groups in total. The Morgan fingerprint density at radius 1 is 1.16 bits per heavy atom. The topological polar surface area (TPSA) is 67.2 Å². The number of carbonyl (C=O) groups excluding carboxylic acids is 2. The maximum absolute atomic E-state index is 12.9. The van der Waals surface area contributed by atoms with Crippen molar-refractivity contribution in [2.75, 3.05) is 13.1 Å². The number of likely N-dealkylation sites (tertiary alicyclic amines) is 1. The highest BCUT2D eigenvalue weighted by Crippen LogP contribution is 2.33. The van der Waals surface area contributed by atoms with Crippen molar-refractivity contribution in [1.29, 1.82) is 0 Å². The third-order valence-electron chi connectivity index (χ3n) is 5.71. The van der Waals surface area contributed by atoms with Crippen LogP contribution >= 0.6 is 0 Å². The van der Waals surface area contributed by atoms with Gasteiger partial charge < -0.3 is 10.2 Å². The number of rotatable bonds is 4. The first-order chi connectivity index (χ1) is 12.0. The van der Waals surface area contributed by atoms with E-state index in [1.54, 1.807) is 4.68 Å². The van der Waals surface area contributed by atoms with Gasteiger partial charge in [-0.25, -0.2) is 0 Å². The van der Waals surface area contributed by atoms with E-state index in [9.17, 15) is 9.59 Å². The van der Waals surface area contributed by atoms with Gasteiger partial charge in [0.15, 0.2) is 0 Å². The van der Waals surface area contributed by atoms with Gasteiger partial charge in [0.1, 0.15) is 0 Å². The minimum atomic E-state index is -0.193. The summed E-state index contributed by atoms with van der Waals surface area (Å²) in [6.07, 6.45) is 7.86. The standard InChI is InChI=1S/C19H30N4O2/c1-13(17-12-22(3)21-14(17)2)20-18(24)15-8-4-5-9-16(15)19(25)23-10-6-7-11-23/h12-13,15-16H,4-11H2,1-3H3,(H,20,24)/t13-,15+,16-/m0/s1. The molecule has 3 atom stereocenters. The molecule has 1 aromatic rings. The van der Waals surface area contributed by atoms with Gasteiger partial charge >= 0.3 is 0 Å². The van der Waals surface area contributed by atoms with E-state index in [-0.39, 0.29) is 29.7 Å². The lowest BCUT2D eigenvalue weighted by Crippen LogP contribution is -2.45. The van der Waals surface area contributed by atoms with Crippen molar-refractivity contribution in [3.63, 3.8) is 0 Å². The van der Waals surface area contributed by atoms with Crippen LogP contribution in [0.4, 0.5) is 0 Å². The van der Waals surface area contributed by atoms with Crippen molar-refractivity contribution in [2.24, 2.45) is 18.9 Å². The molecule has 2 heterocycles. The Kier molecular flexibility index (Phi) is 5.45. The maximum atomic E-state index is 12.9. The van der Waals surface area contributed by atoms with E-state index in [1.165, 1.54) is 0 Å². The van der Waals surface area contributed by atoms with Crippen molar-refractivity contribution in [2.45, 2.75) is 58.4 Å². The first-order valence-electron chi connectivity index (χ1n) is 9.56. The van der Waals surface area contributed by atoms with Gasteiger partial charge in [0.2, 0.25) is 11.8 Å². The number of nitrogens with one attached hydrogen (secondary N) is 1. The fourth-order valence-corrected chi connectivity index (χ4v) is 4.35. The molecule has 0 radical (unpaired) electrons. The number of nitrogens with zero attached hydrogens (tertiary/aromatic N) is 3. The van der Waals surface area contributed by atoms with Gasteiger partial charge in [-0.3, -0.25) is 14.3 Å². The quantitative estimate of drug-likeness (QED) is 0.910. The van der Waals surface area contributed by atoms with Gasteiger partial charge in [-0.05, 0) is 39.5 Å². The molecular formula is C19H30N4O2.